The van der Waals surface area contributed by atoms with Crippen LogP contribution in [0.5, 0.6) is 5.75 Å². The van der Waals surface area contributed by atoms with Gasteiger partial charge in [0.15, 0.2) is 0 Å². The Balaban J connectivity index is 1.78. The first kappa shape index (κ1) is 18.5. The second-order valence-electron chi connectivity index (χ2n) is 5.43. The van der Waals surface area contributed by atoms with Crippen molar-refractivity contribution >= 4 is 40.7 Å². The summed E-state index contributed by atoms with van der Waals surface area (Å²) in [5.74, 6) is 1.24. The highest BCUT2D eigenvalue weighted by atomic mass is 35.5. The van der Waals surface area contributed by atoms with Crippen molar-refractivity contribution in [3.05, 3.63) is 65.3 Å². The number of carbonyl (C=O) groups is 1. The van der Waals surface area contributed by atoms with Crippen molar-refractivity contribution in [3.63, 3.8) is 0 Å². The summed E-state index contributed by atoms with van der Waals surface area (Å²) in [5.41, 5.74) is 1.73. The van der Waals surface area contributed by atoms with Gasteiger partial charge >= 0.3 is 5.97 Å². The summed E-state index contributed by atoms with van der Waals surface area (Å²) in [6.45, 7) is 0. The highest BCUT2D eigenvalue weighted by Crippen LogP contribution is 2.26. The van der Waals surface area contributed by atoms with Crippen LogP contribution in [-0.2, 0) is 4.74 Å². The Morgan fingerprint density at radius 3 is 2.52 bits per heavy atom. The van der Waals surface area contributed by atoms with Gasteiger partial charge in [-0.3, -0.25) is 0 Å². The lowest BCUT2D eigenvalue weighted by Crippen LogP contribution is -2.04. The average molecular weight is 385 g/mol. The number of nitrogens with one attached hydrogen (secondary N) is 2. The number of esters is 1. The number of hydrogen-bond acceptors (Lipinski definition) is 7. The Labute approximate surface area is 161 Å². The van der Waals surface area contributed by atoms with Gasteiger partial charge in [0.25, 0.3) is 0 Å². The largest absolute Gasteiger partial charge is 0.497 e. The summed E-state index contributed by atoms with van der Waals surface area (Å²) >= 11 is 6.19. The molecule has 0 bridgehead atoms. The number of methoxy groups -OCH3 is 2. The van der Waals surface area contributed by atoms with Crippen molar-refractivity contribution in [2.24, 2.45) is 0 Å². The summed E-state index contributed by atoms with van der Waals surface area (Å²) in [6, 6.07) is 14.0. The van der Waals surface area contributed by atoms with E-state index in [9.17, 15) is 4.79 Å². The van der Waals surface area contributed by atoms with E-state index in [1.54, 1.807) is 37.6 Å². The number of carbonyl (C=O) groups excluding carboxylic acids is 1. The number of ether oxygens (including phenoxy) is 2. The maximum Gasteiger partial charge on any atom is 0.337 e. The van der Waals surface area contributed by atoms with Crippen molar-refractivity contribution in [1.82, 2.24) is 9.97 Å². The number of anilines is 4. The molecule has 3 aromatic rings. The zero-order valence-corrected chi connectivity index (χ0v) is 15.4. The van der Waals surface area contributed by atoms with E-state index in [1.165, 1.54) is 7.11 Å². The number of hydrogen-bond donors (Lipinski definition) is 2. The highest BCUT2D eigenvalue weighted by molar-refractivity contribution is 6.33. The molecular formula is C19H17ClN4O3. The third kappa shape index (κ3) is 4.65. The number of nitrogens with zero attached hydrogens (tertiary/aromatic N) is 2. The molecule has 138 valence electrons. The molecule has 0 amide bonds. The molecule has 0 spiro atoms. The zero-order valence-electron chi connectivity index (χ0n) is 14.7. The van der Waals surface area contributed by atoms with Crippen molar-refractivity contribution < 1.29 is 14.3 Å². The van der Waals surface area contributed by atoms with Crippen LogP contribution in [0, 0.1) is 0 Å². The molecule has 3 rings (SSSR count). The predicted molar refractivity (Wildman–Crippen MR) is 104 cm³/mol. The van der Waals surface area contributed by atoms with Gasteiger partial charge in [0.2, 0.25) is 5.95 Å². The molecular weight excluding hydrogens is 368 g/mol. The molecule has 0 aliphatic carbocycles. The molecule has 2 N–H and O–H groups in total. The van der Waals surface area contributed by atoms with Crippen LogP contribution >= 0.6 is 11.6 Å². The highest BCUT2D eigenvalue weighted by Gasteiger charge is 2.10. The van der Waals surface area contributed by atoms with Gasteiger partial charge in [0.1, 0.15) is 11.6 Å². The standard InChI is InChI=1S/C19H17ClN4O3/c1-26-14-6-4-13(5-7-14)22-17-9-10-21-19(24-17)23-16-11-12(18(25)27-2)3-8-15(16)20/h3-11H,1-2H3,(H2,21,22,23,24). The van der Waals surface area contributed by atoms with Crippen LogP contribution in [0.25, 0.3) is 0 Å². The third-order valence-corrected chi connectivity index (χ3v) is 3.98. The molecule has 0 radical (unpaired) electrons. The van der Waals surface area contributed by atoms with E-state index in [-0.39, 0.29) is 0 Å². The van der Waals surface area contributed by atoms with Crippen molar-refractivity contribution in [3.8, 4) is 5.75 Å². The van der Waals surface area contributed by atoms with E-state index in [1.807, 2.05) is 24.3 Å². The summed E-state index contributed by atoms with van der Waals surface area (Å²) < 4.78 is 9.87. The molecule has 1 heterocycles. The van der Waals surface area contributed by atoms with E-state index >= 15 is 0 Å². The molecule has 7 nitrogen and oxygen atoms in total. The van der Waals surface area contributed by atoms with Gasteiger partial charge in [-0.2, -0.15) is 4.98 Å². The molecule has 2 aromatic carbocycles. The quantitative estimate of drug-likeness (QED) is 0.608. The van der Waals surface area contributed by atoms with Crippen molar-refractivity contribution in [2.45, 2.75) is 0 Å². The third-order valence-electron chi connectivity index (χ3n) is 3.65. The van der Waals surface area contributed by atoms with E-state index in [2.05, 4.69) is 20.6 Å². The van der Waals surface area contributed by atoms with E-state index in [4.69, 9.17) is 21.1 Å². The normalized spacial score (nSPS) is 10.2. The molecule has 8 heteroatoms. The van der Waals surface area contributed by atoms with E-state index in [0.29, 0.717) is 28.0 Å². The Morgan fingerprint density at radius 1 is 1.04 bits per heavy atom. The Kier molecular flexibility index (Phi) is 5.73. The predicted octanol–water partition coefficient (Wildman–Crippen LogP) is 4.41. The molecule has 0 unspecified atom stereocenters. The Hall–Kier alpha value is -3.32. The lowest BCUT2D eigenvalue weighted by Gasteiger charge is -2.11. The molecule has 0 fully saturated rings. The smallest absolute Gasteiger partial charge is 0.337 e. The van der Waals surface area contributed by atoms with E-state index < -0.39 is 5.97 Å². The molecule has 1 aromatic heterocycles. The first-order chi connectivity index (χ1) is 13.1. The van der Waals surface area contributed by atoms with Crippen LogP contribution < -0.4 is 15.4 Å². The van der Waals surface area contributed by atoms with Gasteiger partial charge in [-0.05, 0) is 48.5 Å². The monoisotopic (exact) mass is 384 g/mol. The molecule has 0 saturated heterocycles. The number of rotatable bonds is 6. The maximum absolute atomic E-state index is 11.7. The van der Waals surface area contributed by atoms with Gasteiger partial charge in [0.05, 0.1) is 30.5 Å². The fourth-order valence-corrected chi connectivity index (χ4v) is 2.46. The van der Waals surface area contributed by atoms with Gasteiger partial charge in [-0.25, -0.2) is 9.78 Å². The van der Waals surface area contributed by atoms with Crippen LogP contribution in [0.2, 0.25) is 5.02 Å². The lowest BCUT2D eigenvalue weighted by atomic mass is 10.2. The lowest BCUT2D eigenvalue weighted by molar-refractivity contribution is 0.0601. The van der Waals surface area contributed by atoms with Crippen LogP contribution in [0.15, 0.2) is 54.7 Å². The molecule has 0 aliphatic heterocycles. The van der Waals surface area contributed by atoms with Gasteiger partial charge < -0.3 is 20.1 Å². The summed E-state index contributed by atoms with van der Waals surface area (Å²) in [6.07, 6.45) is 1.61. The Morgan fingerprint density at radius 2 is 1.81 bits per heavy atom. The fraction of sp³-hybridized carbons (Fsp3) is 0.105. The average Bonchev–Trinajstić information content (AvgIpc) is 2.70. The van der Waals surface area contributed by atoms with Crippen LogP contribution in [0.1, 0.15) is 10.4 Å². The SMILES string of the molecule is COC(=O)c1ccc(Cl)c(Nc2nccc(Nc3ccc(OC)cc3)n2)c1. The molecule has 0 aliphatic rings. The maximum atomic E-state index is 11.7. The van der Waals surface area contributed by atoms with Crippen LogP contribution in [0.3, 0.4) is 0 Å². The first-order valence-electron chi connectivity index (χ1n) is 7.98. The fourth-order valence-electron chi connectivity index (χ4n) is 2.30. The minimum absolute atomic E-state index is 0.331. The second-order valence-corrected chi connectivity index (χ2v) is 5.84. The Bertz CT molecular complexity index is 948. The van der Waals surface area contributed by atoms with Gasteiger partial charge in [0, 0.05) is 11.9 Å². The zero-order chi connectivity index (χ0) is 19.2. The summed E-state index contributed by atoms with van der Waals surface area (Å²) in [7, 11) is 2.94. The van der Waals surface area contributed by atoms with Crippen LogP contribution in [0.4, 0.5) is 23.1 Å². The number of halogens is 1. The summed E-state index contributed by atoms with van der Waals surface area (Å²) in [5, 5.41) is 6.63. The van der Waals surface area contributed by atoms with Crippen LogP contribution in [-0.4, -0.2) is 30.2 Å². The van der Waals surface area contributed by atoms with Crippen molar-refractivity contribution in [2.75, 3.05) is 24.9 Å². The molecule has 0 saturated carbocycles. The second kappa shape index (κ2) is 8.37. The minimum Gasteiger partial charge on any atom is -0.497 e. The molecule has 0 atom stereocenters. The summed E-state index contributed by atoms with van der Waals surface area (Å²) in [4.78, 5) is 20.3. The topological polar surface area (TPSA) is 85.4 Å². The number of benzene rings is 2. The van der Waals surface area contributed by atoms with Gasteiger partial charge in [-0.15, -0.1) is 0 Å². The number of aromatic nitrogens is 2. The van der Waals surface area contributed by atoms with E-state index in [0.717, 1.165) is 11.4 Å². The minimum atomic E-state index is -0.453. The van der Waals surface area contributed by atoms with Crippen molar-refractivity contribution in [1.29, 1.82) is 0 Å². The molecule has 27 heavy (non-hydrogen) atoms. The first-order valence-corrected chi connectivity index (χ1v) is 8.36. The van der Waals surface area contributed by atoms with Gasteiger partial charge in [-0.1, -0.05) is 11.6 Å².